The molecule has 2 heterocycles. The Morgan fingerprint density at radius 2 is 1.96 bits per heavy atom. The summed E-state index contributed by atoms with van der Waals surface area (Å²) in [5, 5.41) is 4.49. The van der Waals surface area contributed by atoms with Gasteiger partial charge in [-0.1, -0.05) is 35.9 Å². The third kappa shape index (κ3) is 3.89. The molecule has 28 heavy (non-hydrogen) atoms. The molecule has 0 aliphatic heterocycles. The predicted octanol–water partition coefficient (Wildman–Crippen LogP) is 4.37. The molecule has 0 aliphatic carbocycles. The van der Waals surface area contributed by atoms with E-state index in [-0.39, 0.29) is 5.91 Å². The van der Waals surface area contributed by atoms with Gasteiger partial charge in [0, 0.05) is 35.9 Å². The Morgan fingerprint density at radius 1 is 1.14 bits per heavy atom. The van der Waals surface area contributed by atoms with Gasteiger partial charge in [0.1, 0.15) is 0 Å². The quantitative estimate of drug-likeness (QED) is 0.550. The number of halogens is 1. The van der Waals surface area contributed by atoms with Gasteiger partial charge in [-0.15, -0.1) is 0 Å². The summed E-state index contributed by atoms with van der Waals surface area (Å²) in [4.78, 5) is 21.4. The average Bonchev–Trinajstić information content (AvgIpc) is 3.20. The van der Waals surface area contributed by atoms with E-state index in [1.165, 1.54) is 0 Å². The van der Waals surface area contributed by atoms with Crippen molar-refractivity contribution in [2.45, 2.75) is 20.0 Å². The van der Waals surface area contributed by atoms with Crippen molar-refractivity contribution in [2.75, 3.05) is 0 Å². The van der Waals surface area contributed by atoms with Crippen LogP contribution in [0.15, 0.2) is 67.3 Å². The summed E-state index contributed by atoms with van der Waals surface area (Å²) in [6.45, 7) is 2.99. The van der Waals surface area contributed by atoms with Gasteiger partial charge in [-0.2, -0.15) is 0 Å². The summed E-state index contributed by atoms with van der Waals surface area (Å²) in [6.07, 6.45) is 5.46. The third-order valence-electron chi connectivity index (χ3n) is 4.68. The SMILES string of the molecule is Cc1nc2ccc(Cl)cc2cc1C(=O)NCc1ccccc1Cn1ccnc1. The number of imidazole rings is 1. The van der Waals surface area contributed by atoms with Crippen molar-refractivity contribution in [1.29, 1.82) is 0 Å². The van der Waals surface area contributed by atoms with Crippen LogP contribution in [0, 0.1) is 6.92 Å². The van der Waals surface area contributed by atoms with Crippen LogP contribution in [-0.4, -0.2) is 20.4 Å². The zero-order chi connectivity index (χ0) is 19.5. The number of pyridine rings is 1. The van der Waals surface area contributed by atoms with Crippen LogP contribution in [0.2, 0.25) is 5.02 Å². The molecule has 1 N–H and O–H groups in total. The van der Waals surface area contributed by atoms with Crippen LogP contribution in [0.25, 0.3) is 10.9 Å². The minimum atomic E-state index is -0.149. The van der Waals surface area contributed by atoms with Gasteiger partial charge < -0.3 is 9.88 Å². The molecule has 0 unspecified atom stereocenters. The molecular formula is C22H19ClN4O. The van der Waals surface area contributed by atoms with Gasteiger partial charge in [0.15, 0.2) is 0 Å². The molecule has 0 saturated carbocycles. The molecule has 0 bridgehead atoms. The molecule has 0 fully saturated rings. The molecule has 5 nitrogen and oxygen atoms in total. The minimum absolute atomic E-state index is 0.149. The second-order valence-corrected chi connectivity index (χ2v) is 7.08. The summed E-state index contributed by atoms with van der Waals surface area (Å²) in [6, 6.07) is 15.4. The molecule has 0 aliphatic rings. The third-order valence-corrected chi connectivity index (χ3v) is 4.92. The Bertz CT molecular complexity index is 1140. The minimum Gasteiger partial charge on any atom is -0.348 e. The van der Waals surface area contributed by atoms with Gasteiger partial charge in [0.2, 0.25) is 0 Å². The number of carbonyl (C=O) groups is 1. The van der Waals surface area contributed by atoms with Crippen molar-refractivity contribution < 1.29 is 4.79 Å². The number of aryl methyl sites for hydroxylation is 1. The maximum atomic E-state index is 12.8. The Morgan fingerprint density at radius 3 is 2.75 bits per heavy atom. The number of hydrogen-bond acceptors (Lipinski definition) is 3. The van der Waals surface area contributed by atoms with Gasteiger partial charge >= 0.3 is 0 Å². The fourth-order valence-electron chi connectivity index (χ4n) is 3.21. The lowest BCUT2D eigenvalue weighted by molar-refractivity contribution is 0.0950. The Kier molecular flexibility index (Phi) is 5.08. The number of nitrogens with zero attached hydrogens (tertiary/aromatic N) is 3. The van der Waals surface area contributed by atoms with Gasteiger partial charge in [0.05, 0.1) is 23.1 Å². The van der Waals surface area contributed by atoms with Crippen molar-refractivity contribution in [2.24, 2.45) is 0 Å². The van der Waals surface area contributed by atoms with E-state index in [0.717, 1.165) is 22.0 Å². The molecule has 0 saturated heterocycles. The summed E-state index contributed by atoms with van der Waals surface area (Å²) in [5.41, 5.74) is 4.28. The smallest absolute Gasteiger partial charge is 0.253 e. The van der Waals surface area contributed by atoms with Crippen LogP contribution >= 0.6 is 11.6 Å². The summed E-state index contributed by atoms with van der Waals surface area (Å²) in [7, 11) is 0. The molecule has 2 aromatic carbocycles. The second kappa shape index (κ2) is 7.82. The number of aromatic nitrogens is 3. The number of hydrogen-bond donors (Lipinski definition) is 1. The van der Waals surface area contributed by atoms with Crippen LogP contribution in [0.5, 0.6) is 0 Å². The first-order valence-electron chi connectivity index (χ1n) is 8.98. The first kappa shape index (κ1) is 18.2. The van der Waals surface area contributed by atoms with E-state index in [2.05, 4.69) is 21.4 Å². The number of carbonyl (C=O) groups excluding carboxylic acids is 1. The van der Waals surface area contributed by atoms with E-state index in [1.807, 2.05) is 54.1 Å². The maximum Gasteiger partial charge on any atom is 0.253 e. The van der Waals surface area contributed by atoms with Crippen molar-refractivity contribution in [1.82, 2.24) is 19.9 Å². The summed E-state index contributed by atoms with van der Waals surface area (Å²) < 4.78 is 2.00. The normalized spacial score (nSPS) is 10.9. The van der Waals surface area contributed by atoms with Gasteiger partial charge in [0.25, 0.3) is 5.91 Å². The number of benzene rings is 2. The first-order chi connectivity index (χ1) is 13.6. The molecule has 140 valence electrons. The van der Waals surface area contributed by atoms with Gasteiger partial charge in [-0.05, 0) is 42.3 Å². The van der Waals surface area contributed by atoms with Gasteiger partial charge in [-0.3, -0.25) is 9.78 Å². The van der Waals surface area contributed by atoms with Crippen LogP contribution in [0.4, 0.5) is 0 Å². The Labute approximate surface area is 168 Å². The van der Waals surface area contributed by atoms with E-state index in [0.29, 0.717) is 29.4 Å². The molecule has 4 rings (SSSR count). The maximum absolute atomic E-state index is 12.8. The molecule has 2 aromatic heterocycles. The van der Waals surface area contributed by atoms with Crippen LogP contribution in [-0.2, 0) is 13.1 Å². The molecule has 0 radical (unpaired) electrons. The van der Waals surface area contributed by atoms with Crippen LogP contribution in [0.1, 0.15) is 27.2 Å². The summed E-state index contributed by atoms with van der Waals surface area (Å²) in [5.74, 6) is -0.149. The largest absolute Gasteiger partial charge is 0.348 e. The highest BCUT2D eigenvalue weighted by Gasteiger charge is 2.13. The van der Waals surface area contributed by atoms with Gasteiger partial charge in [-0.25, -0.2) is 4.98 Å². The van der Waals surface area contributed by atoms with Crippen molar-refractivity contribution in [3.63, 3.8) is 0 Å². The van der Waals surface area contributed by atoms with Crippen molar-refractivity contribution >= 4 is 28.4 Å². The highest BCUT2D eigenvalue weighted by Crippen LogP contribution is 2.21. The number of amides is 1. The van der Waals surface area contributed by atoms with Crippen LogP contribution in [0.3, 0.4) is 0 Å². The molecule has 0 atom stereocenters. The topological polar surface area (TPSA) is 59.8 Å². The number of rotatable bonds is 5. The number of fused-ring (bicyclic) bond motifs is 1. The average molecular weight is 391 g/mol. The molecular weight excluding hydrogens is 372 g/mol. The van der Waals surface area contributed by atoms with E-state index < -0.39 is 0 Å². The van der Waals surface area contributed by atoms with E-state index in [9.17, 15) is 4.79 Å². The fraction of sp³-hybridized carbons (Fsp3) is 0.136. The predicted molar refractivity (Wildman–Crippen MR) is 110 cm³/mol. The van der Waals surface area contributed by atoms with E-state index in [4.69, 9.17) is 11.6 Å². The number of nitrogens with one attached hydrogen (secondary N) is 1. The molecule has 4 aromatic rings. The van der Waals surface area contributed by atoms with E-state index >= 15 is 0 Å². The Balaban J connectivity index is 1.54. The molecule has 0 spiro atoms. The molecule has 6 heteroatoms. The van der Waals surface area contributed by atoms with Crippen LogP contribution < -0.4 is 5.32 Å². The fourth-order valence-corrected chi connectivity index (χ4v) is 3.39. The highest BCUT2D eigenvalue weighted by molar-refractivity contribution is 6.31. The molecule has 1 amide bonds. The Hall–Kier alpha value is -3.18. The van der Waals surface area contributed by atoms with Crippen molar-refractivity contribution in [3.05, 3.63) is 94.7 Å². The summed E-state index contributed by atoms with van der Waals surface area (Å²) >= 11 is 6.07. The van der Waals surface area contributed by atoms with E-state index in [1.54, 1.807) is 18.6 Å². The lowest BCUT2D eigenvalue weighted by Crippen LogP contribution is -2.24. The van der Waals surface area contributed by atoms with Crippen molar-refractivity contribution in [3.8, 4) is 0 Å². The lowest BCUT2D eigenvalue weighted by Gasteiger charge is -2.12. The first-order valence-corrected chi connectivity index (χ1v) is 9.35. The highest BCUT2D eigenvalue weighted by atomic mass is 35.5. The second-order valence-electron chi connectivity index (χ2n) is 6.64. The zero-order valence-corrected chi connectivity index (χ0v) is 16.1. The monoisotopic (exact) mass is 390 g/mol. The zero-order valence-electron chi connectivity index (χ0n) is 15.4. The lowest BCUT2D eigenvalue weighted by atomic mass is 10.1. The standard InChI is InChI=1S/C22H19ClN4O/c1-15-20(11-18-10-19(23)6-7-21(18)26-15)22(28)25-12-16-4-2-3-5-17(16)13-27-9-8-24-14-27/h2-11,14H,12-13H2,1H3,(H,25,28).